The van der Waals surface area contributed by atoms with E-state index in [0.717, 1.165) is 46.8 Å². The van der Waals surface area contributed by atoms with E-state index >= 15 is 0 Å². The number of nitrogens with zero attached hydrogens (tertiary/aromatic N) is 5. The summed E-state index contributed by atoms with van der Waals surface area (Å²) in [4.78, 5) is 19.8. The van der Waals surface area contributed by atoms with Crippen molar-refractivity contribution in [3.05, 3.63) is 60.4 Å². The first kappa shape index (κ1) is 20.6. The van der Waals surface area contributed by atoms with Crippen molar-refractivity contribution in [2.45, 2.75) is 38.6 Å². The number of likely N-dealkylation sites (tertiary alicyclic amines) is 1. The minimum atomic E-state index is -0.127. The van der Waals surface area contributed by atoms with Crippen LogP contribution in [0.1, 0.15) is 44.5 Å². The smallest absolute Gasteiger partial charge is 0.323 e. The van der Waals surface area contributed by atoms with Gasteiger partial charge in [-0.2, -0.15) is 0 Å². The third-order valence-corrected chi connectivity index (χ3v) is 6.76. The van der Waals surface area contributed by atoms with Crippen LogP contribution in [0.2, 0.25) is 0 Å². The Labute approximate surface area is 191 Å². The molecule has 0 bridgehead atoms. The summed E-state index contributed by atoms with van der Waals surface area (Å²) in [6.45, 7) is 5.75. The Balaban J connectivity index is 1.33. The predicted molar refractivity (Wildman–Crippen MR) is 128 cm³/mol. The second kappa shape index (κ2) is 8.70. The van der Waals surface area contributed by atoms with Crippen LogP contribution in [0.15, 0.2) is 54.6 Å². The zero-order valence-corrected chi connectivity index (χ0v) is 19.0. The Morgan fingerprint density at radius 2 is 1.88 bits per heavy atom. The van der Waals surface area contributed by atoms with Gasteiger partial charge < -0.3 is 9.47 Å². The molecule has 1 N–H and O–H groups in total. The molecular weight excluding hydrogens is 420 g/mol. The van der Waals surface area contributed by atoms with Gasteiger partial charge in [0.15, 0.2) is 0 Å². The third kappa shape index (κ3) is 3.98. The maximum absolute atomic E-state index is 13.0. The second-order valence-corrected chi connectivity index (χ2v) is 9.39. The number of fused-ring (bicyclic) bond motifs is 1. The Hall–Kier alpha value is -3.26. The van der Waals surface area contributed by atoms with Crippen LogP contribution in [0.5, 0.6) is 0 Å². The van der Waals surface area contributed by atoms with Crippen molar-refractivity contribution in [2.24, 2.45) is 0 Å². The summed E-state index contributed by atoms with van der Waals surface area (Å²) in [5, 5.41) is 12.6. The molecule has 1 atom stereocenters. The van der Waals surface area contributed by atoms with Crippen molar-refractivity contribution in [1.29, 1.82) is 0 Å². The van der Waals surface area contributed by atoms with Crippen LogP contribution in [0, 0.1) is 0 Å². The molecule has 0 aliphatic carbocycles. The van der Waals surface area contributed by atoms with Gasteiger partial charge in [-0.1, -0.05) is 53.8 Å². The molecule has 1 aliphatic rings. The van der Waals surface area contributed by atoms with E-state index in [1.54, 1.807) is 0 Å². The lowest BCUT2D eigenvalue weighted by molar-refractivity contribution is 0.190. The number of carbonyl (C=O) groups excluding carboxylic acids is 1. The SMILES string of the molecule is CC(C)n1c(C2CCCN(C(=O)Nc3nnc(-c4ccccc4)s3)C2)nc2ccccc21. The van der Waals surface area contributed by atoms with Gasteiger partial charge in [-0.05, 0) is 38.8 Å². The van der Waals surface area contributed by atoms with Gasteiger partial charge >= 0.3 is 6.03 Å². The highest BCUT2D eigenvalue weighted by atomic mass is 32.1. The molecule has 4 aromatic rings. The van der Waals surface area contributed by atoms with Crippen LogP contribution in [0.4, 0.5) is 9.93 Å². The van der Waals surface area contributed by atoms with E-state index in [2.05, 4.69) is 52.1 Å². The number of piperidine rings is 1. The Bertz CT molecular complexity index is 1230. The molecule has 0 saturated carbocycles. The van der Waals surface area contributed by atoms with Crippen molar-refractivity contribution in [3.8, 4) is 10.6 Å². The largest absolute Gasteiger partial charge is 0.325 e. The first-order valence-electron chi connectivity index (χ1n) is 11.0. The number of anilines is 1. The summed E-state index contributed by atoms with van der Waals surface area (Å²) < 4.78 is 2.32. The van der Waals surface area contributed by atoms with Crippen molar-refractivity contribution in [1.82, 2.24) is 24.6 Å². The summed E-state index contributed by atoms with van der Waals surface area (Å²) in [7, 11) is 0. The number of carbonyl (C=O) groups is 1. The lowest BCUT2D eigenvalue weighted by atomic mass is 9.97. The highest BCUT2D eigenvalue weighted by molar-refractivity contribution is 7.18. The molecule has 1 aliphatic heterocycles. The average molecular weight is 447 g/mol. The van der Waals surface area contributed by atoms with E-state index in [1.165, 1.54) is 11.3 Å². The van der Waals surface area contributed by atoms with E-state index < -0.39 is 0 Å². The zero-order chi connectivity index (χ0) is 22.1. The highest BCUT2D eigenvalue weighted by Crippen LogP contribution is 2.32. The van der Waals surface area contributed by atoms with E-state index in [0.29, 0.717) is 17.7 Å². The maximum atomic E-state index is 13.0. The van der Waals surface area contributed by atoms with E-state index in [1.807, 2.05) is 41.3 Å². The number of hydrogen-bond acceptors (Lipinski definition) is 5. The average Bonchev–Trinajstić information content (AvgIpc) is 3.44. The number of benzene rings is 2. The lowest BCUT2D eigenvalue weighted by Gasteiger charge is -2.32. The standard InChI is InChI=1S/C24H26N6OS/c1-16(2)30-20-13-7-6-12-19(20)25-21(30)18-11-8-14-29(15-18)24(31)26-23-28-27-22(32-23)17-9-4-3-5-10-17/h3-7,9-10,12-13,16,18H,8,11,14-15H2,1-2H3,(H,26,28,31). The second-order valence-electron chi connectivity index (χ2n) is 8.42. The molecule has 1 unspecified atom stereocenters. The number of rotatable bonds is 4. The molecule has 2 amide bonds. The van der Waals surface area contributed by atoms with E-state index in [9.17, 15) is 4.79 Å². The molecular formula is C24H26N6OS. The van der Waals surface area contributed by atoms with E-state index in [-0.39, 0.29) is 11.9 Å². The van der Waals surface area contributed by atoms with Crippen LogP contribution in [0.25, 0.3) is 21.6 Å². The molecule has 3 heterocycles. The van der Waals surface area contributed by atoms with Crippen molar-refractivity contribution in [2.75, 3.05) is 18.4 Å². The number of nitrogens with one attached hydrogen (secondary N) is 1. The monoisotopic (exact) mass is 446 g/mol. The summed E-state index contributed by atoms with van der Waals surface area (Å²) in [5.74, 6) is 1.28. The van der Waals surface area contributed by atoms with Gasteiger partial charge in [-0.3, -0.25) is 5.32 Å². The molecule has 5 rings (SSSR count). The van der Waals surface area contributed by atoms with Crippen molar-refractivity contribution < 1.29 is 4.79 Å². The summed E-state index contributed by atoms with van der Waals surface area (Å²) in [5.41, 5.74) is 3.16. The first-order chi connectivity index (χ1) is 15.6. The number of para-hydroxylation sites is 2. The van der Waals surface area contributed by atoms with Gasteiger partial charge in [0.2, 0.25) is 5.13 Å². The Kier molecular flexibility index (Phi) is 5.61. The normalized spacial score (nSPS) is 16.6. The molecule has 7 nitrogen and oxygen atoms in total. The molecule has 0 radical (unpaired) electrons. The highest BCUT2D eigenvalue weighted by Gasteiger charge is 2.29. The molecule has 2 aromatic carbocycles. The quantitative estimate of drug-likeness (QED) is 0.446. The number of amides is 2. The number of hydrogen-bond donors (Lipinski definition) is 1. The van der Waals surface area contributed by atoms with Gasteiger partial charge in [0.05, 0.1) is 11.0 Å². The fourth-order valence-electron chi connectivity index (χ4n) is 4.41. The van der Waals surface area contributed by atoms with Gasteiger partial charge in [-0.15, -0.1) is 10.2 Å². The minimum Gasteiger partial charge on any atom is -0.325 e. The van der Waals surface area contributed by atoms with Gasteiger partial charge in [0.25, 0.3) is 0 Å². The fourth-order valence-corrected chi connectivity index (χ4v) is 5.15. The predicted octanol–water partition coefficient (Wildman–Crippen LogP) is 5.55. The molecule has 2 aromatic heterocycles. The number of imidazole rings is 1. The molecule has 164 valence electrons. The molecule has 32 heavy (non-hydrogen) atoms. The van der Waals surface area contributed by atoms with E-state index in [4.69, 9.17) is 4.98 Å². The molecule has 8 heteroatoms. The maximum Gasteiger partial charge on any atom is 0.323 e. The Morgan fingerprint density at radius 1 is 1.09 bits per heavy atom. The topological polar surface area (TPSA) is 75.9 Å². The number of aromatic nitrogens is 4. The molecule has 1 saturated heterocycles. The molecule has 0 spiro atoms. The van der Waals surface area contributed by atoms with Gasteiger partial charge in [0.1, 0.15) is 10.8 Å². The van der Waals surface area contributed by atoms with Crippen LogP contribution in [-0.2, 0) is 0 Å². The minimum absolute atomic E-state index is 0.127. The van der Waals surface area contributed by atoms with Crippen molar-refractivity contribution >= 4 is 33.5 Å². The molecule has 1 fully saturated rings. The zero-order valence-electron chi connectivity index (χ0n) is 18.2. The van der Waals surface area contributed by atoms with Crippen LogP contribution in [0.3, 0.4) is 0 Å². The first-order valence-corrected chi connectivity index (χ1v) is 11.8. The van der Waals surface area contributed by atoms with Crippen molar-refractivity contribution in [3.63, 3.8) is 0 Å². The van der Waals surface area contributed by atoms with Gasteiger partial charge in [0, 0.05) is 30.6 Å². The van der Waals surface area contributed by atoms with Crippen LogP contribution in [-0.4, -0.2) is 43.8 Å². The number of urea groups is 1. The van der Waals surface area contributed by atoms with Crippen LogP contribution >= 0.6 is 11.3 Å². The van der Waals surface area contributed by atoms with Gasteiger partial charge in [-0.25, -0.2) is 9.78 Å². The third-order valence-electron chi connectivity index (χ3n) is 5.87. The lowest BCUT2D eigenvalue weighted by Crippen LogP contribution is -2.42. The summed E-state index contributed by atoms with van der Waals surface area (Å²) in [6, 6.07) is 18.3. The summed E-state index contributed by atoms with van der Waals surface area (Å²) in [6.07, 6.45) is 1.97. The van der Waals surface area contributed by atoms with Crippen LogP contribution < -0.4 is 5.32 Å². The fraction of sp³-hybridized carbons (Fsp3) is 0.333. The Morgan fingerprint density at radius 3 is 2.69 bits per heavy atom. The summed E-state index contributed by atoms with van der Waals surface area (Å²) >= 11 is 1.39.